The van der Waals surface area contributed by atoms with E-state index in [-0.39, 0.29) is 0 Å². The summed E-state index contributed by atoms with van der Waals surface area (Å²) in [5, 5.41) is 0.666. The molecular weight excluding hydrogens is 373 g/mol. The fourth-order valence-corrected chi connectivity index (χ4v) is 3.06. The van der Waals surface area contributed by atoms with Gasteiger partial charge in [0.05, 0.1) is 5.69 Å². The molecule has 1 aromatic carbocycles. The Balaban J connectivity index is 2.36. The summed E-state index contributed by atoms with van der Waals surface area (Å²) in [6.45, 7) is 2.03. The quantitative estimate of drug-likeness (QED) is 0.599. The molecule has 3 nitrogen and oxygen atoms in total. The molecule has 108 valence electrons. The smallest absolute Gasteiger partial charge is 0.164 e. The van der Waals surface area contributed by atoms with Crippen LogP contribution >= 0.6 is 39.1 Å². The van der Waals surface area contributed by atoms with E-state index in [0.29, 0.717) is 17.3 Å². The van der Waals surface area contributed by atoms with Crippen molar-refractivity contribution in [2.75, 3.05) is 5.88 Å². The Morgan fingerprint density at radius 1 is 1.29 bits per heavy atom. The molecule has 2 aromatic heterocycles. The molecular formula is C15H12BrCl2N3. The summed E-state index contributed by atoms with van der Waals surface area (Å²) in [5.74, 6) is 1.38. The van der Waals surface area contributed by atoms with Gasteiger partial charge in [0.1, 0.15) is 11.3 Å². The molecule has 0 aliphatic rings. The fraction of sp³-hybridized carbons (Fsp3) is 0.200. The van der Waals surface area contributed by atoms with Crippen LogP contribution < -0.4 is 0 Å². The number of hydrogen-bond acceptors (Lipinski definition) is 2. The van der Waals surface area contributed by atoms with Crippen LogP contribution in [0.25, 0.3) is 16.9 Å². The topological polar surface area (TPSA) is 30.7 Å². The van der Waals surface area contributed by atoms with Gasteiger partial charge in [-0.1, -0.05) is 11.6 Å². The van der Waals surface area contributed by atoms with Gasteiger partial charge in [-0.25, -0.2) is 9.97 Å². The summed E-state index contributed by atoms with van der Waals surface area (Å²) in [7, 11) is 0. The van der Waals surface area contributed by atoms with Crippen LogP contribution in [0.2, 0.25) is 5.02 Å². The molecule has 0 saturated heterocycles. The number of aryl methyl sites for hydroxylation is 2. The second-order valence-corrected chi connectivity index (χ2v) is 6.37. The first-order valence-electron chi connectivity index (χ1n) is 6.46. The Kier molecular flexibility index (Phi) is 4.20. The lowest BCUT2D eigenvalue weighted by Crippen LogP contribution is -2.03. The predicted octanol–water partition coefficient (Wildman–Crippen LogP) is 4.93. The molecule has 0 aliphatic heterocycles. The summed E-state index contributed by atoms with van der Waals surface area (Å²) in [6, 6.07) is 7.61. The van der Waals surface area contributed by atoms with Gasteiger partial charge in [-0.05, 0) is 52.7 Å². The predicted molar refractivity (Wildman–Crippen MR) is 90.7 cm³/mol. The van der Waals surface area contributed by atoms with E-state index in [1.807, 2.05) is 35.8 Å². The molecule has 0 spiro atoms. The van der Waals surface area contributed by atoms with Gasteiger partial charge in [0.25, 0.3) is 0 Å². The van der Waals surface area contributed by atoms with E-state index < -0.39 is 0 Å². The number of aromatic nitrogens is 3. The summed E-state index contributed by atoms with van der Waals surface area (Å²) in [4.78, 5) is 9.19. The third-order valence-corrected chi connectivity index (χ3v) is 4.38. The SMILES string of the molecule is Cc1ccnc2c1nc(CCCl)n2-c1cc(Cl)ccc1Br. The first-order chi connectivity index (χ1) is 10.1. The molecule has 0 amide bonds. The maximum absolute atomic E-state index is 6.14. The number of nitrogens with zero attached hydrogens (tertiary/aromatic N) is 3. The number of alkyl halides is 1. The molecule has 0 radical (unpaired) electrons. The number of imidazole rings is 1. The molecule has 2 heterocycles. The fourth-order valence-electron chi connectivity index (χ4n) is 2.30. The number of fused-ring (bicyclic) bond motifs is 1. The van der Waals surface area contributed by atoms with Crippen LogP contribution in [0.1, 0.15) is 11.4 Å². The Labute approximate surface area is 141 Å². The van der Waals surface area contributed by atoms with Crippen LogP contribution in [-0.2, 0) is 6.42 Å². The minimum absolute atomic E-state index is 0.501. The van der Waals surface area contributed by atoms with Gasteiger partial charge in [-0.3, -0.25) is 4.57 Å². The summed E-state index contributed by atoms with van der Waals surface area (Å²) in [6.07, 6.45) is 2.45. The molecule has 6 heteroatoms. The van der Waals surface area contributed by atoms with E-state index in [9.17, 15) is 0 Å². The lowest BCUT2D eigenvalue weighted by atomic mass is 10.2. The number of hydrogen-bond donors (Lipinski definition) is 0. The minimum atomic E-state index is 0.501. The minimum Gasteiger partial charge on any atom is -0.279 e. The van der Waals surface area contributed by atoms with Crippen molar-refractivity contribution in [3.05, 3.63) is 51.3 Å². The number of halogens is 3. The van der Waals surface area contributed by atoms with Crippen molar-refractivity contribution in [1.29, 1.82) is 0 Å². The zero-order valence-corrected chi connectivity index (χ0v) is 14.4. The standard InChI is InChI=1S/C15H12BrCl2N3/c1-9-5-7-19-15-14(9)20-13(4-6-17)21(15)12-8-10(18)2-3-11(12)16/h2-3,5,7-8H,4,6H2,1H3. The van der Waals surface area contributed by atoms with Crippen LogP contribution in [0.15, 0.2) is 34.9 Å². The van der Waals surface area contributed by atoms with Crippen molar-refractivity contribution in [2.45, 2.75) is 13.3 Å². The van der Waals surface area contributed by atoms with E-state index in [1.54, 1.807) is 6.20 Å². The average Bonchev–Trinajstić information content (AvgIpc) is 2.82. The molecule has 0 unspecified atom stereocenters. The molecule has 0 aliphatic carbocycles. The third-order valence-electron chi connectivity index (χ3n) is 3.28. The molecule has 3 rings (SSSR count). The first-order valence-corrected chi connectivity index (χ1v) is 8.16. The van der Waals surface area contributed by atoms with Crippen LogP contribution in [0, 0.1) is 6.92 Å². The largest absolute Gasteiger partial charge is 0.279 e. The van der Waals surface area contributed by atoms with Crippen LogP contribution in [0.4, 0.5) is 0 Å². The zero-order chi connectivity index (χ0) is 15.0. The second-order valence-electron chi connectivity index (χ2n) is 4.70. The van der Waals surface area contributed by atoms with E-state index in [4.69, 9.17) is 28.2 Å². The molecule has 0 N–H and O–H groups in total. The summed E-state index contributed by atoms with van der Waals surface area (Å²) >= 11 is 15.6. The van der Waals surface area contributed by atoms with Crippen LogP contribution in [-0.4, -0.2) is 20.4 Å². The monoisotopic (exact) mass is 383 g/mol. The molecule has 0 bridgehead atoms. The molecule has 0 fully saturated rings. The van der Waals surface area contributed by atoms with E-state index in [0.717, 1.165) is 32.7 Å². The van der Waals surface area contributed by atoms with Crippen molar-refractivity contribution in [3.63, 3.8) is 0 Å². The van der Waals surface area contributed by atoms with Gasteiger partial charge in [0, 0.05) is 28.0 Å². The van der Waals surface area contributed by atoms with Gasteiger partial charge in [-0.15, -0.1) is 11.6 Å². The summed E-state index contributed by atoms with van der Waals surface area (Å²) in [5.41, 5.74) is 3.72. The maximum Gasteiger partial charge on any atom is 0.164 e. The van der Waals surface area contributed by atoms with Gasteiger partial charge < -0.3 is 0 Å². The Morgan fingerprint density at radius 2 is 2.10 bits per heavy atom. The normalized spacial score (nSPS) is 11.2. The van der Waals surface area contributed by atoms with Gasteiger partial charge in [0.2, 0.25) is 0 Å². The lowest BCUT2D eigenvalue weighted by molar-refractivity contribution is 0.902. The van der Waals surface area contributed by atoms with Crippen LogP contribution in [0.3, 0.4) is 0 Å². The molecule has 21 heavy (non-hydrogen) atoms. The van der Waals surface area contributed by atoms with Gasteiger partial charge in [0.15, 0.2) is 5.65 Å². The van der Waals surface area contributed by atoms with E-state index in [2.05, 4.69) is 20.9 Å². The zero-order valence-electron chi connectivity index (χ0n) is 11.3. The molecule has 3 aromatic rings. The van der Waals surface area contributed by atoms with Gasteiger partial charge >= 0.3 is 0 Å². The second kappa shape index (κ2) is 5.95. The number of benzene rings is 1. The van der Waals surface area contributed by atoms with Crippen molar-refractivity contribution < 1.29 is 0 Å². The van der Waals surface area contributed by atoms with Crippen LogP contribution in [0.5, 0.6) is 0 Å². The number of pyridine rings is 1. The highest BCUT2D eigenvalue weighted by molar-refractivity contribution is 9.10. The van der Waals surface area contributed by atoms with Crippen molar-refractivity contribution in [3.8, 4) is 5.69 Å². The average molecular weight is 385 g/mol. The van der Waals surface area contributed by atoms with Crippen molar-refractivity contribution >= 4 is 50.3 Å². The van der Waals surface area contributed by atoms with Crippen molar-refractivity contribution in [2.24, 2.45) is 0 Å². The maximum atomic E-state index is 6.14. The highest BCUT2D eigenvalue weighted by atomic mass is 79.9. The Bertz CT molecular complexity index is 814. The first kappa shape index (κ1) is 14.8. The highest BCUT2D eigenvalue weighted by Crippen LogP contribution is 2.29. The molecule has 0 atom stereocenters. The Hall–Kier alpha value is -1.10. The van der Waals surface area contributed by atoms with Crippen molar-refractivity contribution in [1.82, 2.24) is 14.5 Å². The molecule has 0 saturated carbocycles. The number of rotatable bonds is 3. The highest BCUT2D eigenvalue weighted by Gasteiger charge is 2.16. The van der Waals surface area contributed by atoms with E-state index >= 15 is 0 Å². The lowest BCUT2D eigenvalue weighted by Gasteiger charge is -2.10. The van der Waals surface area contributed by atoms with E-state index in [1.165, 1.54) is 0 Å². The Morgan fingerprint density at radius 3 is 2.86 bits per heavy atom. The van der Waals surface area contributed by atoms with Gasteiger partial charge in [-0.2, -0.15) is 0 Å². The summed E-state index contributed by atoms with van der Waals surface area (Å²) < 4.78 is 2.95. The third kappa shape index (κ3) is 2.68.